The summed E-state index contributed by atoms with van der Waals surface area (Å²) in [6.45, 7) is -1.04. The van der Waals surface area contributed by atoms with E-state index in [4.69, 9.17) is 14.6 Å². The molecule has 0 saturated heterocycles. The number of hydrogen-bond donors (Lipinski definition) is 1. The molecular weight excluding hydrogens is 472 g/mol. The molecule has 1 N–H and O–H groups in total. The molecule has 0 bridgehead atoms. The second-order valence-electron chi connectivity index (χ2n) is 6.90. The molecule has 1 atom stereocenters. The van der Waals surface area contributed by atoms with E-state index in [0.29, 0.717) is 16.8 Å². The van der Waals surface area contributed by atoms with Crippen molar-refractivity contribution >= 4 is 0 Å². The predicted molar refractivity (Wildman–Crippen MR) is 108 cm³/mol. The van der Waals surface area contributed by atoms with Crippen molar-refractivity contribution in [2.75, 3.05) is 13.7 Å². The number of pyridine rings is 1. The van der Waals surface area contributed by atoms with Crippen molar-refractivity contribution in [1.82, 2.24) is 4.57 Å². The van der Waals surface area contributed by atoms with Crippen LogP contribution in [0.25, 0.3) is 16.8 Å². The molecule has 3 aromatic rings. The number of aliphatic hydroxyl groups excluding tert-OH is 1. The fourth-order valence-electron chi connectivity index (χ4n) is 2.91. The number of aliphatic hydroxyl groups is 1. The van der Waals surface area contributed by atoms with E-state index in [1.54, 1.807) is 6.07 Å². The predicted octanol–water partition coefficient (Wildman–Crippen LogP) is 4.71. The fraction of sp³-hybridized carbons (Fsp3) is 0.227. The van der Waals surface area contributed by atoms with Gasteiger partial charge < -0.3 is 19.3 Å². The van der Waals surface area contributed by atoms with Gasteiger partial charge in [-0.05, 0) is 41.5 Å². The maximum Gasteiger partial charge on any atom is 0.573 e. The summed E-state index contributed by atoms with van der Waals surface area (Å²) in [5.74, 6) is -0.440. The molecule has 34 heavy (non-hydrogen) atoms. The molecule has 1 unspecified atom stereocenters. The Hall–Kier alpha value is -3.67. The summed E-state index contributed by atoms with van der Waals surface area (Å²) >= 11 is 0. The molecule has 12 heteroatoms. The third kappa shape index (κ3) is 6.22. The van der Waals surface area contributed by atoms with E-state index in [0.717, 1.165) is 12.1 Å². The Morgan fingerprint density at radius 2 is 1.59 bits per heavy atom. The first-order chi connectivity index (χ1) is 15.9. The number of ether oxygens (including phenoxy) is 3. The molecule has 0 radical (unpaired) electrons. The number of halogens is 6. The van der Waals surface area contributed by atoms with Gasteiger partial charge in [-0.3, -0.25) is 9.36 Å². The van der Waals surface area contributed by atoms with Gasteiger partial charge in [0, 0.05) is 18.3 Å². The molecule has 1 heterocycles. The summed E-state index contributed by atoms with van der Waals surface area (Å²) in [6, 6.07) is 11.8. The summed E-state index contributed by atoms with van der Waals surface area (Å²) in [4.78, 5) is 12.6. The largest absolute Gasteiger partial charge is 0.573 e. The molecule has 0 saturated carbocycles. The quantitative estimate of drug-likeness (QED) is 0.487. The van der Waals surface area contributed by atoms with E-state index in [9.17, 15) is 31.1 Å². The molecule has 0 spiro atoms. The van der Waals surface area contributed by atoms with Gasteiger partial charge in [0.1, 0.15) is 12.4 Å². The van der Waals surface area contributed by atoms with Gasteiger partial charge in [0.05, 0.1) is 12.8 Å². The Morgan fingerprint density at radius 3 is 2.15 bits per heavy atom. The zero-order chi connectivity index (χ0) is 25.1. The number of hydrogen-bond acceptors (Lipinski definition) is 5. The molecule has 1 aromatic heterocycles. The van der Waals surface area contributed by atoms with Crippen molar-refractivity contribution < 1.29 is 45.7 Å². The van der Waals surface area contributed by atoms with Crippen molar-refractivity contribution in [1.29, 1.82) is 0 Å². The van der Waals surface area contributed by atoms with Gasteiger partial charge in [0.2, 0.25) is 0 Å². The monoisotopic (exact) mass is 489 g/mol. The SMILES string of the molecule is COc1cc(-n2ccc(-c3ccc(OC(F)(F)F)cc3)cc2=O)ccc1OCC(O)C(F)(F)F. The van der Waals surface area contributed by atoms with Gasteiger partial charge in [-0.1, -0.05) is 12.1 Å². The van der Waals surface area contributed by atoms with E-state index < -0.39 is 36.6 Å². The molecule has 182 valence electrons. The van der Waals surface area contributed by atoms with E-state index in [2.05, 4.69) is 4.74 Å². The van der Waals surface area contributed by atoms with Gasteiger partial charge in [0.15, 0.2) is 17.6 Å². The van der Waals surface area contributed by atoms with E-state index >= 15 is 0 Å². The molecule has 0 fully saturated rings. The van der Waals surface area contributed by atoms with Crippen LogP contribution < -0.4 is 19.8 Å². The van der Waals surface area contributed by atoms with Crippen molar-refractivity contribution in [2.45, 2.75) is 18.6 Å². The van der Waals surface area contributed by atoms with Crippen LogP contribution in [-0.2, 0) is 0 Å². The number of rotatable bonds is 7. The minimum absolute atomic E-state index is 0.0307. The molecular formula is C22H17F6NO5. The lowest BCUT2D eigenvalue weighted by molar-refractivity contribution is -0.274. The van der Waals surface area contributed by atoms with Crippen LogP contribution in [0.5, 0.6) is 17.2 Å². The number of benzene rings is 2. The number of methoxy groups -OCH3 is 1. The third-order valence-corrected chi connectivity index (χ3v) is 4.54. The van der Waals surface area contributed by atoms with Crippen molar-refractivity contribution in [3.63, 3.8) is 0 Å². The normalized spacial score (nSPS) is 12.8. The first-order valence-electron chi connectivity index (χ1n) is 9.52. The highest BCUT2D eigenvalue weighted by atomic mass is 19.4. The van der Waals surface area contributed by atoms with Crippen LogP contribution in [0.3, 0.4) is 0 Å². The standard InChI is InChI=1S/C22H17F6NO5/c1-32-18-11-15(4-7-17(18)33-12-19(30)21(23,24)25)29-9-8-14(10-20(29)31)13-2-5-16(6-3-13)34-22(26,27)28/h2-11,19,30H,12H2,1H3. The Morgan fingerprint density at radius 1 is 0.912 bits per heavy atom. The van der Waals surface area contributed by atoms with Crippen LogP contribution >= 0.6 is 0 Å². The lowest BCUT2D eigenvalue weighted by Gasteiger charge is -2.17. The second-order valence-corrected chi connectivity index (χ2v) is 6.90. The lowest BCUT2D eigenvalue weighted by atomic mass is 10.1. The van der Waals surface area contributed by atoms with Crippen LogP contribution in [0.2, 0.25) is 0 Å². The highest BCUT2D eigenvalue weighted by molar-refractivity contribution is 5.64. The molecule has 6 nitrogen and oxygen atoms in total. The van der Waals surface area contributed by atoms with E-state index in [-0.39, 0.29) is 11.5 Å². The molecule has 3 rings (SSSR count). The summed E-state index contributed by atoms with van der Waals surface area (Å²) in [5.41, 5.74) is 0.735. The van der Waals surface area contributed by atoms with Crippen LogP contribution in [0, 0.1) is 0 Å². The smallest absolute Gasteiger partial charge is 0.493 e. The van der Waals surface area contributed by atoms with Gasteiger partial charge in [-0.15, -0.1) is 13.2 Å². The Balaban J connectivity index is 1.81. The molecule has 0 aliphatic heterocycles. The first-order valence-corrected chi connectivity index (χ1v) is 9.52. The third-order valence-electron chi connectivity index (χ3n) is 4.54. The van der Waals surface area contributed by atoms with Crippen LogP contribution in [0.15, 0.2) is 65.6 Å². The maximum atomic E-state index is 12.6. The van der Waals surface area contributed by atoms with Crippen molar-refractivity contribution in [2.24, 2.45) is 0 Å². The Kier molecular flexibility index (Phi) is 7.10. The zero-order valence-corrected chi connectivity index (χ0v) is 17.4. The highest BCUT2D eigenvalue weighted by Crippen LogP contribution is 2.31. The lowest BCUT2D eigenvalue weighted by Crippen LogP contribution is -2.34. The van der Waals surface area contributed by atoms with Gasteiger partial charge >= 0.3 is 12.5 Å². The number of alkyl halides is 6. The second kappa shape index (κ2) is 9.67. The average molecular weight is 489 g/mol. The van der Waals surface area contributed by atoms with Gasteiger partial charge in [-0.25, -0.2) is 0 Å². The minimum atomic E-state index is -4.84. The summed E-state index contributed by atoms with van der Waals surface area (Å²) < 4.78 is 89.4. The van der Waals surface area contributed by atoms with Crippen LogP contribution in [-0.4, -0.2) is 42.0 Å². The highest BCUT2D eigenvalue weighted by Gasteiger charge is 2.39. The van der Waals surface area contributed by atoms with Crippen LogP contribution in [0.4, 0.5) is 26.3 Å². The summed E-state index contributed by atoms with van der Waals surface area (Å²) in [6.07, 6.45) is -10.9. The summed E-state index contributed by atoms with van der Waals surface area (Å²) in [5, 5.41) is 9.07. The summed E-state index contributed by atoms with van der Waals surface area (Å²) in [7, 11) is 1.25. The molecule has 0 amide bonds. The average Bonchev–Trinajstić information content (AvgIpc) is 2.76. The molecule has 0 aliphatic carbocycles. The first kappa shape index (κ1) is 25.0. The topological polar surface area (TPSA) is 69.9 Å². The van der Waals surface area contributed by atoms with Gasteiger partial charge in [0.25, 0.3) is 5.56 Å². The molecule has 0 aliphatic rings. The maximum absolute atomic E-state index is 12.6. The zero-order valence-electron chi connectivity index (χ0n) is 17.4. The van der Waals surface area contributed by atoms with E-state index in [1.165, 1.54) is 54.3 Å². The van der Waals surface area contributed by atoms with Crippen molar-refractivity contribution in [3.05, 3.63) is 71.1 Å². The van der Waals surface area contributed by atoms with Crippen molar-refractivity contribution in [3.8, 4) is 34.1 Å². The number of nitrogens with zero attached hydrogens (tertiary/aromatic N) is 1. The number of aromatic nitrogens is 1. The molecule has 2 aromatic carbocycles. The van der Waals surface area contributed by atoms with Crippen LogP contribution in [0.1, 0.15) is 0 Å². The van der Waals surface area contributed by atoms with E-state index in [1.807, 2.05) is 0 Å². The Bertz CT molecular complexity index is 1190. The Labute approximate surface area is 188 Å². The van der Waals surface area contributed by atoms with Gasteiger partial charge in [-0.2, -0.15) is 13.2 Å². The fourth-order valence-corrected chi connectivity index (χ4v) is 2.91. The minimum Gasteiger partial charge on any atom is -0.493 e.